The van der Waals surface area contributed by atoms with Crippen molar-refractivity contribution in [2.24, 2.45) is 0 Å². The van der Waals surface area contributed by atoms with E-state index in [0.717, 1.165) is 16.9 Å². The first-order valence-corrected chi connectivity index (χ1v) is 8.88. The van der Waals surface area contributed by atoms with E-state index in [1.807, 2.05) is 18.2 Å². The first-order valence-electron chi connectivity index (χ1n) is 8.88. The standard InChI is InChI=1S/C21H23N5O2/c1-21(2,3)16-7-5-6-8-17(16)24-20-25-18(13-22-26-20)23-15-11-9-14(10-12-15)19(27)28-4/h5-13H,1-4H3,(H2,23,24,25,26). The zero-order valence-corrected chi connectivity index (χ0v) is 16.4. The van der Waals surface area contributed by atoms with Crippen molar-refractivity contribution in [3.05, 3.63) is 65.9 Å². The highest BCUT2D eigenvalue weighted by molar-refractivity contribution is 5.89. The zero-order chi connectivity index (χ0) is 20.1. The van der Waals surface area contributed by atoms with Crippen LogP contribution < -0.4 is 10.6 Å². The van der Waals surface area contributed by atoms with Crippen molar-refractivity contribution in [1.29, 1.82) is 0 Å². The van der Waals surface area contributed by atoms with Gasteiger partial charge in [-0.2, -0.15) is 10.1 Å². The second-order valence-electron chi connectivity index (χ2n) is 7.28. The van der Waals surface area contributed by atoms with E-state index < -0.39 is 0 Å². The minimum absolute atomic E-state index is 0.0196. The lowest BCUT2D eigenvalue weighted by atomic mass is 9.86. The maximum atomic E-state index is 11.5. The molecule has 0 aliphatic carbocycles. The fourth-order valence-electron chi connectivity index (χ4n) is 2.74. The Bertz CT molecular complexity index is 965. The Kier molecular flexibility index (Phi) is 5.54. The first kappa shape index (κ1) is 19.3. The molecule has 28 heavy (non-hydrogen) atoms. The molecule has 0 radical (unpaired) electrons. The van der Waals surface area contributed by atoms with E-state index in [4.69, 9.17) is 4.74 Å². The van der Waals surface area contributed by atoms with Gasteiger partial charge in [-0.15, -0.1) is 5.10 Å². The quantitative estimate of drug-likeness (QED) is 0.635. The Morgan fingerprint density at radius 3 is 2.39 bits per heavy atom. The molecule has 0 saturated carbocycles. The van der Waals surface area contributed by atoms with Gasteiger partial charge < -0.3 is 15.4 Å². The molecule has 7 heteroatoms. The fourth-order valence-corrected chi connectivity index (χ4v) is 2.74. The molecule has 0 bridgehead atoms. The van der Waals surface area contributed by atoms with Gasteiger partial charge in [-0.1, -0.05) is 39.0 Å². The number of ether oxygens (including phenoxy) is 1. The van der Waals surface area contributed by atoms with E-state index in [2.05, 4.69) is 52.7 Å². The molecule has 0 atom stereocenters. The van der Waals surface area contributed by atoms with Gasteiger partial charge >= 0.3 is 5.97 Å². The largest absolute Gasteiger partial charge is 0.465 e. The predicted octanol–water partition coefficient (Wildman–Crippen LogP) is 4.44. The van der Waals surface area contributed by atoms with Gasteiger partial charge in [0.05, 0.1) is 18.9 Å². The number of nitrogens with one attached hydrogen (secondary N) is 2. The molecule has 2 N–H and O–H groups in total. The number of hydrogen-bond acceptors (Lipinski definition) is 7. The summed E-state index contributed by atoms with van der Waals surface area (Å²) in [7, 11) is 1.35. The summed E-state index contributed by atoms with van der Waals surface area (Å²) in [4.78, 5) is 16.0. The number of anilines is 4. The van der Waals surface area contributed by atoms with Crippen molar-refractivity contribution >= 4 is 29.1 Å². The number of carbonyl (C=O) groups is 1. The van der Waals surface area contributed by atoms with Crippen molar-refractivity contribution in [3.63, 3.8) is 0 Å². The number of aromatic nitrogens is 3. The number of hydrogen-bond donors (Lipinski definition) is 2. The number of benzene rings is 2. The molecule has 0 amide bonds. The van der Waals surface area contributed by atoms with E-state index >= 15 is 0 Å². The van der Waals surface area contributed by atoms with Crippen LogP contribution in [0.3, 0.4) is 0 Å². The Labute approximate surface area is 164 Å². The number of methoxy groups -OCH3 is 1. The molecule has 7 nitrogen and oxygen atoms in total. The van der Waals surface area contributed by atoms with Crippen molar-refractivity contribution in [1.82, 2.24) is 15.2 Å². The topological polar surface area (TPSA) is 89.0 Å². The molecule has 3 rings (SSSR count). The van der Waals surface area contributed by atoms with Crippen LogP contribution in [-0.2, 0) is 10.2 Å². The smallest absolute Gasteiger partial charge is 0.337 e. The highest BCUT2D eigenvalue weighted by atomic mass is 16.5. The van der Waals surface area contributed by atoms with Gasteiger partial charge in [0.2, 0.25) is 5.95 Å². The normalized spacial score (nSPS) is 11.0. The third-order valence-electron chi connectivity index (χ3n) is 4.12. The van der Waals surface area contributed by atoms with E-state index in [9.17, 15) is 4.79 Å². The van der Waals surface area contributed by atoms with E-state index in [1.165, 1.54) is 13.3 Å². The number of para-hydroxylation sites is 1. The van der Waals surface area contributed by atoms with Crippen LogP contribution in [0.1, 0.15) is 36.7 Å². The van der Waals surface area contributed by atoms with E-state index in [0.29, 0.717) is 17.3 Å². The lowest BCUT2D eigenvalue weighted by molar-refractivity contribution is 0.0601. The Morgan fingerprint density at radius 1 is 1.00 bits per heavy atom. The van der Waals surface area contributed by atoms with Crippen molar-refractivity contribution in [3.8, 4) is 0 Å². The monoisotopic (exact) mass is 377 g/mol. The summed E-state index contributed by atoms with van der Waals surface area (Å²) in [5.74, 6) is 0.559. The molecule has 0 unspecified atom stereocenters. The van der Waals surface area contributed by atoms with Gasteiger partial charge in [0.1, 0.15) is 0 Å². The van der Waals surface area contributed by atoms with Gasteiger partial charge in [-0.25, -0.2) is 4.79 Å². The molecule has 3 aromatic rings. The van der Waals surface area contributed by atoms with Crippen LogP contribution in [0.4, 0.5) is 23.1 Å². The van der Waals surface area contributed by atoms with E-state index in [-0.39, 0.29) is 11.4 Å². The predicted molar refractivity (Wildman–Crippen MR) is 109 cm³/mol. The third-order valence-corrected chi connectivity index (χ3v) is 4.12. The first-order chi connectivity index (χ1) is 13.4. The Morgan fingerprint density at radius 2 is 1.71 bits per heavy atom. The number of esters is 1. The van der Waals surface area contributed by atoms with Crippen molar-refractivity contribution < 1.29 is 9.53 Å². The number of carbonyl (C=O) groups excluding carboxylic acids is 1. The highest BCUT2D eigenvalue weighted by Gasteiger charge is 2.18. The zero-order valence-electron chi connectivity index (χ0n) is 16.4. The molecular weight excluding hydrogens is 354 g/mol. The molecule has 0 fully saturated rings. The van der Waals surface area contributed by atoms with Gasteiger partial charge in [0.25, 0.3) is 0 Å². The molecule has 0 saturated heterocycles. The summed E-state index contributed by atoms with van der Waals surface area (Å²) in [5.41, 5.74) is 3.34. The molecule has 0 aliphatic rings. The van der Waals surface area contributed by atoms with Crippen molar-refractivity contribution in [2.75, 3.05) is 17.7 Å². The summed E-state index contributed by atoms with van der Waals surface area (Å²) >= 11 is 0. The molecule has 1 aromatic heterocycles. The third kappa shape index (κ3) is 4.62. The summed E-state index contributed by atoms with van der Waals surface area (Å²) < 4.78 is 4.70. The van der Waals surface area contributed by atoms with Crippen LogP contribution in [0.5, 0.6) is 0 Å². The van der Waals surface area contributed by atoms with Gasteiger partial charge in [0, 0.05) is 11.4 Å². The van der Waals surface area contributed by atoms with Gasteiger partial charge in [-0.05, 0) is 41.3 Å². The van der Waals surface area contributed by atoms with E-state index in [1.54, 1.807) is 24.3 Å². The lowest BCUT2D eigenvalue weighted by Gasteiger charge is -2.22. The van der Waals surface area contributed by atoms with Crippen LogP contribution >= 0.6 is 0 Å². The number of nitrogens with zero attached hydrogens (tertiary/aromatic N) is 3. The molecule has 2 aromatic carbocycles. The Balaban J connectivity index is 1.77. The minimum atomic E-state index is -0.376. The molecular formula is C21H23N5O2. The SMILES string of the molecule is COC(=O)c1ccc(Nc2cnnc(Nc3ccccc3C(C)(C)C)n2)cc1. The summed E-state index contributed by atoms with van der Waals surface area (Å²) in [6.45, 7) is 6.47. The summed E-state index contributed by atoms with van der Waals surface area (Å²) in [6, 6.07) is 15.0. The van der Waals surface area contributed by atoms with Gasteiger partial charge in [-0.3, -0.25) is 0 Å². The molecule has 1 heterocycles. The van der Waals surface area contributed by atoms with Crippen LogP contribution in [0.25, 0.3) is 0 Å². The number of rotatable bonds is 5. The second kappa shape index (κ2) is 8.04. The maximum absolute atomic E-state index is 11.5. The van der Waals surface area contributed by atoms with Crippen LogP contribution in [0.15, 0.2) is 54.7 Å². The highest BCUT2D eigenvalue weighted by Crippen LogP contribution is 2.30. The summed E-state index contributed by atoms with van der Waals surface area (Å²) in [6.07, 6.45) is 1.54. The van der Waals surface area contributed by atoms with Crippen molar-refractivity contribution in [2.45, 2.75) is 26.2 Å². The minimum Gasteiger partial charge on any atom is -0.465 e. The molecule has 0 spiro atoms. The van der Waals surface area contributed by atoms with Gasteiger partial charge in [0.15, 0.2) is 5.82 Å². The maximum Gasteiger partial charge on any atom is 0.337 e. The van der Waals surface area contributed by atoms with Crippen LogP contribution in [0, 0.1) is 0 Å². The molecule has 144 valence electrons. The Hall–Kier alpha value is -3.48. The summed E-state index contributed by atoms with van der Waals surface area (Å²) in [5, 5.41) is 14.5. The second-order valence-corrected chi connectivity index (χ2v) is 7.28. The lowest BCUT2D eigenvalue weighted by Crippen LogP contribution is -2.14. The van der Waals surface area contributed by atoms with Crippen LogP contribution in [-0.4, -0.2) is 28.3 Å². The average molecular weight is 377 g/mol. The average Bonchev–Trinajstić information content (AvgIpc) is 2.68. The molecule has 0 aliphatic heterocycles. The fraction of sp³-hybridized carbons (Fsp3) is 0.238. The van der Waals surface area contributed by atoms with Crippen LogP contribution in [0.2, 0.25) is 0 Å².